The average Bonchev–Trinajstić information content (AvgIpc) is 2.28. The summed E-state index contributed by atoms with van der Waals surface area (Å²) in [6.07, 6.45) is 2.32. The van der Waals surface area contributed by atoms with Crippen LogP contribution in [-0.4, -0.2) is 51.2 Å². The monoisotopic (exact) mass is 269 g/mol. The molecule has 1 aliphatic rings. The van der Waals surface area contributed by atoms with Crippen LogP contribution in [-0.2, 0) is 14.8 Å². The molecule has 1 fully saturated rings. The number of alkyl halides is 1. The summed E-state index contributed by atoms with van der Waals surface area (Å²) < 4.78 is 30.4. The van der Waals surface area contributed by atoms with Gasteiger partial charge in [-0.3, -0.25) is 0 Å². The highest BCUT2D eigenvalue weighted by atomic mass is 35.5. The number of hydrogen-bond donors (Lipinski definition) is 0. The Bertz CT molecular complexity index is 286. The van der Waals surface area contributed by atoms with Crippen molar-refractivity contribution in [2.45, 2.75) is 19.3 Å². The van der Waals surface area contributed by atoms with Gasteiger partial charge in [0.1, 0.15) is 0 Å². The first-order chi connectivity index (χ1) is 7.60. The van der Waals surface area contributed by atoms with Crippen molar-refractivity contribution in [1.82, 2.24) is 4.31 Å². The van der Waals surface area contributed by atoms with Crippen LogP contribution in [0.2, 0.25) is 0 Å². The summed E-state index contributed by atoms with van der Waals surface area (Å²) in [5.41, 5.74) is 0. The van der Waals surface area contributed by atoms with Gasteiger partial charge in [-0.1, -0.05) is 0 Å². The number of methoxy groups -OCH3 is 1. The molecule has 1 aliphatic heterocycles. The summed E-state index contributed by atoms with van der Waals surface area (Å²) in [7, 11) is -1.39. The smallest absolute Gasteiger partial charge is 0.214 e. The highest BCUT2D eigenvalue weighted by molar-refractivity contribution is 7.89. The lowest BCUT2D eigenvalue weighted by molar-refractivity contribution is 0.121. The van der Waals surface area contributed by atoms with Crippen molar-refractivity contribution >= 4 is 21.6 Å². The van der Waals surface area contributed by atoms with Gasteiger partial charge in [0.15, 0.2) is 0 Å². The quantitative estimate of drug-likeness (QED) is 0.683. The number of sulfonamides is 1. The Kier molecular flexibility index (Phi) is 6.03. The van der Waals surface area contributed by atoms with Crippen molar-refractivity contribution in [1.29, 1.82) is 0 Å². The molecule has 0 N–H and O–H groups in total. The Labute approximate surface area is 103 Å². The van der Waals surface area contributed by atoms with E-state index in [1.54, 1.807) is 11.4 Å². The van der Waals surface area contributed by atoms with Crippen LogP contribution in [0.4, 0.5) is 0 Å². The lowest BCUT2D eigenvalue weighted by Crippen LogP contribution is -2.40. The minimum atomic E-state index is -3.08. The van der Waals surface area contributed by atoms with E-state index in [4.69, 9.17) is 16.3 Å². The summed E-state index contributed by atoms with van der Waals surface area (Å²) in [6, 6.07) is 0. The minimum Gasteiger partial charge on any atom is -0.384 e. The lowest BCUT2D eigenvalue weighted by atomic mass is 9.99. The molecular formula is C10H20ClNO3S. The Hall–Kier alpha value is 0.160. The topological polar surface area (TPSA) is 46.6 Å². The van der Waals surface area contributed by atoms with E-state index in [0.717, 1.165) is 19.4 Å². The fourth-order valence-electron chi connectivity index (χ4n) is 1.96. The van der Waals surface area contributed by atoms with Gasteiger partial charge < -0.3 is 4.74 Å². The fourth-order valence-corrected chi connectivity index (χ4v) is 3.78. The second-order valence-electron chi connectivity index (χ2n) is 4.16. The number of piperidine rings is 1. The Morgan fingerprint density at radius 3 is 2.50 bits per heavy atom. The summed E-state index contributed by atoms with van der Waals surface area (Å²) in [5, 5.41) is 0. The van der Waals surface area contributed by atoms with Gasteiger partial charge in [-0.15, -0.1) is 11.6 Å². The highest BCUT2D eigenvalue weighted by Crippen LogP contribution is 2.20. The van der Waals surface area contributed by atoms with E-state index >= 15 is 0 Å². The molecule has 0 aromatic heterocycles. The number of nitrogens with zero attached hydrogens (tertiary/aromatic N) is 1. The standard InChI is InChI=1S/C10H20ClNO3S/c1-15-9-10-3-6-12(7-4-10)16(13,14)8-2-5-11/h10H,2-9H2,1H3. The van der Waals surface area contributed by atoms with E-state index in [2.05, 4.69) is 0 Å². The first kappa shape index (κ1) is 14.2. The van der Waals surface area contributed by atoms with Gasteiger partial charge in [0.2, 0.25) is 10.0 Å². The molecular weight excluding hydrogens is 250 g/mol. The first-order valence-electron chi connectivity index (χ1n) is 5.63. The van der Waals surface area contributed by atoms with Crippen LogP contribution in [0, 0.1) is 5.92 Å². The van der Waals surface area contributed by atoms with E-state index < -0.39 is 10.0 Å². The van der Waals surface area contributed by atoms with Crippen molar-refractivity contribution in [3.63, 3.8) is 0 Å². The molecule has 0 spiro atoms. The van der Waals surface area contributed by atoms with Gasteiger partial charge in [0.25, 0.3) is 0 Å². The average molecular weight is 270 g/mol. The maximum absolute atomic E-state index is 11.8. The van der Waals surface area contributed by atoms with Crippen LogP contribution in [0.5, 0.6) is 0 Å². The van der Waals surface area contributed by atoms with Crippen LogP contribution in [0.25, 0.3) is 0 Å². The van der Waals surface area contributed by atoms with Gasteiger partial charge in [-0.25, -0.2) is 12.7 Å². The maximum atomic E-state index is 11.8. The molecule has 1 rings (SSSR count). The van der Waals surface area contributed by atoms with Crippen molar-refractivity contribution in [3.05, 3.63) is 0 Å². The molecule has 0 radical (unpaired) electrons. The Morgan fingerprint density at radius 2 is 2.00 bits per heavy atom. The largest absolute Gasteiger partial charge is 0.384 e. The molecule has 0 saturated carbocycles. The van der Waals surface area contributed by atoms with Crippen LogP contribution in [0.1, 0.15) is 19.3 Å². The maximum Gasteiger partial charge on any atom is 0.214 e. The normalized spacial score (nSPS) is 20.1. The predicted octanol–water partition coefficient (Wildman–Crippen LogP) is 1.30. The van der Waals surface area contributed by atoms with Gasteiger partial charge in [-0.2, -0.15) is 0 Å². The molecule has 0 unspecified atom stereocenters. The number of rotatable bonds is 6. The van der Waals surface area contributed by atoms with Gasteiger partial charge in [-0.05, 0) is 25.2 Å². The second-order valence-corrected chi connectivity index (χ2v) is 6.62. The van der Waals surface area contributed by atoms with Crippen LogP contribution >= 0.6 is 11.6 Å². The number of hydrogen-bond acceptors (Lipinski definition) is 3. The van der Waals surface area contributed by atoms with Gasteiger partial charge in [0.05, 0.1) is 5.75 Å². The molecule has 4 nitrogen and oxygen atoms in total. The minimum absolute atomic E-state index is 0.172. The van der Waals surface area contributed by atoms with E-state index in [1.807, 2.05) is 0 Å². The zero-order valence-electron chi connectivity index (χ0n) is 9.69. The highest BCUT2D eigenvalue weighted by Gasteiger charge is 2.27. The Balaban J connectivity index is 2.40. The van der Waals surface area contributed by atoms with Crippen molar-refractivity contribution in [2.75, 3.05) is 38.4 Å². The van der Waals surface area contributed by atoms with Crippen molar-refractivity contribution in [3.8, 4) is 0 Å². The van der Waals surface area contributed by atoms with Crippen LogP contribution in [0.15, 0.2) is 0 Å². The second kappa shape index (κ2) is 6.79. The predicted molar refractivity (Wildman–Crippen MR) is 65.3 cm³/mol. The SMILES string of the molecule is COCC1CCN(S(=O)(=O)CCCCl)CC1. The summed E-state index contributed by atoms with van der Waals surface area (Å²) >= 11 is 5.51. The summed E-state index contributed by atoms with van der Waals surface area (Å²) in [6.45, 7) is 1.98. The lowest BCUT2D eigenvalue weighted by Gasteiger charge is -2.30. The van der Waals surface area contributed by atoms with Crippen molar-refractivity contribution < 1.29 is 13.2 Å². The molecule has 0 atom stereocenters. The summed E-state index contributed by atoms with van der Waals surface area (Å²) in [4.78, 5) is 0. The molecule has 1 saturated heterocycles. The molecule has 0 amide bonds. The van der Waals surface area contributed by atoms with Crippen LogP contribution < -0.4 is 0 Å². The molecule has 96 valence electrons. The molecule has 0 aromatic carbocycles. The molecule has 6 heteroatoms. The molecule has 0 bridgehead atoms. The van der Waals surface area contributed by atoms with E-state index in [1.165, 1.54) is 0 Å². The van der Waals surface area contributed by atoms with E-state index in [9.17, 15) is 8.42 Å². The van der Waals surface area contributed by atoms with Crippen LogP contribution in [0.3, 0.4) is 0 Å². The Morgan fingerprint density at radius 1 is 1.38 bits per heavy atom. The number of halogens is 1. The van der Waals surface area contributed by atoms with Gasteiger partial charge >= 0.3 is 0 Å². The van der Waals surface area contributed by atoms with E-state index in [-0.39, 0.29) is 5.75 Å². The third-order valence-electron chi connectivity index (χ3n) is 2.91. The molecule has 1 heterocycles. The zero-order chi connectivity index (χ0) is 12.0. The molecule has 0 aromatic rings. The van der Waals surface area contributed by atoms with Gasteiger partial charge in [0, 0.05) is 32.7 Å². The summed E-state index contributed by atoms with van der Waals surface area (Å²) in [5.74, 6) is 1.08. The first-order valence-corrected chi connectivity index (χ1v) is 7.77. The van der Waals surface area contributed by atoms with Crippen molar-refractivity contribution in [2.24, 2.45) is 5.92 Å². The molecule has 0 aliphatic carbocycles. The van der Waals surface area contributed by atoms with E-state index in [0.29, 0.717) is 31.3 Å². The third kappa shape index (κ3) is 4.20. The number of ether oxygens (including phenoxy) is 1. The zero-order valence-corrected chi connectivity index (χ0v) is 11.3. The fraction of sp³-hybridized carbons (Fsp3) is 1.00. The molecule has 16 heavy (non-hydrogen) atoms. The third-order valence-corrected chi connectivity index (χ3v) is 5.13.